The van der Waals surface area contributed by atoms with Crippen LogP contribution in [0.25, 0.3) is 0 Å². The van der Waals surface area contributed by atoms with Crippen molar-refractivity contribution in [1.29, 1.82) is 0 Å². The Morgan fingerprint density at radius 1 is 0.952 bits per heavy atom. The topological polar surface area (TPSA) is 38.3 Å². The van der Waals surface area contributed by atoms with Gasteiger partial charge in [0.15, 0.2) is 0 Å². The number of esters is 1. The van der Waals surface area contributed by atoms with Gasteiger partial charge in [0.25, 0.3) is 0 Å². The van der Waals surface area contributed by atoms with Crippen molar-refractivity contribution in [3.05, 3.63) is 65.7 Å². The van der Waals surface area contributed by atoms with Gasteiger partial charge < -0.3 is 10.1 Å². The Morgan fingerprint density at radius 2 is 1.57 bits per heavy atom. The van der Waals surface area contributed by atoms with E-state index in [0.717, 1.165) is 0 Å². The first-order valence-electron chi connectivity index (χ1n) is 6.17. The molecule has 1 heterocycles. The van der Waals surface area contributed by atoms with Crippen LogP contribution in [0.1, 0.15) is 15.9 Å². The van der Waals surface area contributed by atoms with Gasteiger partial charge in [-0.1, -0.05) is 42.5 Å². The maximum atomic E-state index is 13.6. The van der Waals surface area contributed by atoms with Gasteiger partial charge >= 0.3 is 17.9 Å². The molecule has 0 saturated carbocycles. The second kappa shape index (κ2) is 4.51. The molecule has 108 valence electrons. The summed E-state index contributed by atoms with van der Waals surface area (Å²) in [5.74, 6) is -1.01. The molecule has 0 aromatic heterocycles. The number of halogens is 3. The third kappa shape index (κ3) is 2.03. The van der Waals surface area contributed by atoms with Crippen molar-refractivity contribution < 1.29 is 22.7 Å². The quantitative estimate of drug-likeness (QED) is 0.815. The molecular formula is C15H10F3NO2. The first-order chi connectivity index (χ1) is 9.94. The maximum Gasteiger partial charge on any atom is 0.453 e. The van der Waals surface area contributed by atoms with E-state index < -0.39 is 17.9 Å². The molecule has 1 aliphatic heterocycles. The number of carbonyl (C=O) groups is 1. The van der Waals surface area contributed by atoms with E-state index in [4.69, 9.17) is 4.74 Å². The average Bonchev–Trinajstić information content (AvgIpc) is 2.47. The van der Waals surface area contributed by atoms with E-state index in [1.165, 1.54) is 36.4 Å². The van der Waals surface area contributed by atoms with Gasteiger partial charge in [0.2, 0.25) is 0 Å². The second-order valence-corrected chi connectivity index (χ2v) is 4.61. The fourth-order valence-corrected chi connectivity index (χ4v) is 2.28. The summed E-state index contributed by atoms with van der Waals surface area (Å²) in [5.41, 5.74) is -2.89. The molecule has 0 aliphatic carbocycles. The van der Waals surface area contributed by atoms with Crippen molar-refractivity contribution in [2.75, 3.05) is 5.32 Å². The number of ether oxygens (including phenoxy) is 1. The van der Waals surface area contributed by atoms with E-state index in [0.29, 0.717) is 0 Å². The molecule has 0 fully saturated rings. The van der Waals surface area contributed by atoms with Gasteiger partial charge in [-0.25, -0.2) is 4.79 Å². The van der Waals surface area contributed by atoms with Crippen LogP contribution in [0, 0.1) is 0 Å². The number of rotatable bonds is 1. The Labute approximate surface area is 118 Å². The van der Waals surface area contributed by atoms with Gasteiger partial charge in [-0.3, -0.25) is 0 Å². The Bertz CT molecular complexity index is 685. The summed E-state index contributed by atoms with van der Waals surface area (Å²) < 4.78 is 45.6. The van der Waals surface area contributed by atoms with Crippen molar-refractivity contribution >= 4 is 11.7 Å². The van der Waals surface area contributed by atoms with Crippen LogP contribution in [-0.4, -0.2) is 12.1 Å². The minimum Gasteiger partial charge on any atom is -0.421 e. The number of carbonyl (C=O) groups excluding carboxylic acids is 1. The van der Waals surface area contributed by atoms with E-state index >= 15 is 0 Å². The zero-order chi connectivity index (χ0) is 15.1. The molecule has 1 aliphatic rings. The van der Waals surface area contributed by atoms with Crippen LogP contribution in [-0.2, 0) is 10.5 Å². The number of cyclic esters (lactones) is 1. The highest BCUT2D eigenvalue weighted by molar-refractivity contribution is 5.97. The zero-order valence-corrected chi connectivity index (χ0v) is 10.6. The van der Waals surface area contributed by atoms with Crippen LogP contribution < -0.4 is 5.32 Å². The number of anilines is 1. The summed E-state index contributed by atoms with van der Waals surface area (Å²) in [4.78, 5) is 12.0. The second-order valence-electron chi connectivity index (χ2n) is 4.61. The highest BCUT2D eigenvalue weighted by Gasteiger charge is 2.62. The molecule has 1 atom stereocenters. The smallest absolute Gasteiger partial charge is 0.421 e. The molecule has 6 heteroatoms. The molecule has 21 heavy (non-hydrogen) atoms. The van der Waals surface area contributed by atoms with E-state index in [2.05, 4.69) is 5.32 Å². The number of nitrogens with one attached hydrogen (secondary N) is 1. The van der Waals surface area contributed by atoms with E-state index in [9.17, 15) is 18.0 Å². The predicted octanol–water partition coefficient (Wildman–Crippen LogP) is 3.68. The van der Waals surface area contributed by atoms with Gasteiger partial charge in [-0.15, -0.1) is 0 Å². The molecule has 2 aromatic carbocycles. The molecular weight excluding hydrogens is 283 g/mol. The normalized spacial score (nSPS) is 21.2. The molecule has 0 bridgehead atoms. The SMILES string of the molecule is O=C1OC(c2ccccc2)(C(F)(F)F)Nc2ccccc21. The lowest BCUT2D eigenvalue weighted by atomic mass is 9.98. The van der Waals surface area contributed by atoms with Crippen LogP contribution in [0.4, 0.5) is 18.9 Å². The summed E-state index contributed by atoms with van der Waals surface area (Å²) in [6.07, 6.45) is -4.81. The Balaban J connectivity index is 2.19. The Hall–Kier alpha value is -2.50. The van der Waals surface area contributed by atoms with Crippen molar-refractivity contribution in [1.82, 2.24) is 0 Å². The van der Waals surface area contributed by atoms with Gasteiger partial charge in [-0.2, -0.15) is 13.2 Å². The monoisotopic (exact) mass is 293 g/mol. The van der Waals surface area contributed by atoms with Gasteiger partial charge in [0.05, 0.1) is 11.3 Å². The van der Waals surface area contributed by atoms with Gasteiger partial charge in [0, 0.05) is 5.56 Å². The molecule has 3 nitrogen and oxygen atoms in total. The van der Waals surface area contributed by atoms with Crippen molar-refractivity contribution in [3.63, 3.8) is 0 Å². The molecule has 1 unspecified atom stereocenters. The lowest BCUT2D eigenvalue weighted by Gasteiger charge is -2.40. The standard InChI is InChI=1S/C15H10F3NO2/c16-15(17,18)14(10-6-2-1-3-7-10)19-12-9-5-4-8-11(12)13(20)21-14/h1-9,19H. The summed E-state index contributed by atoms with van der Waals surface area (Å²) in [6.45, 7) is 0. The largest absolute Gasteiger partial charge is 0.453 e. The van der Waals surface area contributed by atoms with Crippen LogP contribution in [0.15, 0.2) is 54.6 Å². The first kappa shape index (κ1) is 13.5. The van der Waals surface area contributed by atoms with Crippen molar-refractivity contribution in [3.8, 4) is 0 Å². The number of hydrogen-bond donors (Lipinski definition) is 1. The molecule has 2 aromatic rings. The minimum absolute atomic E-state index is 0.0771. The molecule has 0 amide bonds. The van der Waals surface area contributed by atoms with E-state index in [1.54, 1.807) is 18.2 Å². The predicted molar refractivity (Wildman–Crippen MR) is 69.7 cm³/mol. The molecule has 1 N–H and O–H groups in total. The van der Waals surface area contributed by atoms with Crippen LogP contribution in [0.5, 0.6) is 0 Å². The summed E-state index contributed by atoms with van der Waals surface area (Å²) in [7, 11) is 0. The fraction of sp³-hybridized carbons (Fsp3) is 0.133. The molecule has 0 spiro atoms. The van der Waals surface area contributed by atoms with Gasteiger partial charge in [-0.05, 0) is 12.1 Å². The summed E-state index contributed by atoms with van der Waals surface area (Å²) in [5, 5.41) is 2.33. The molecule has 0 saturated heterocycles. The van der Waals surface area contributed by atoms with Crippen LogP contribution >= 0.6 is 0 Å². The highest BCUT2D eigenvalue weighted by Crippen LogP contribution is 2.46. The Kier molecular flexibility index (Phi) is 2.90. The van der Waals surface area contributed by atoms with Gasteiger partial charge in [0.1, 0.15) is 0 Å². The lowest BCUT2D eigenvalue weighted by molar-refractivity contribution is -0.254. The average molecular weight is 293 g/mol. The third-order valence-corrected chi connectivity index (χ3v) is 3.28. The number of benzene rings is 2. The van der Waals surface area contributed by atoms with Crippen LogP contribution in [0.2, 0.25) is 0 Å². The first-order valence-corrected chi connectivity index (χ1v) is 6.17. The van der Waals surface area contributed by atoms with Crippen LogP contribution in [0.3, 0.4) is 0 Å². The zero-order valence-electron chi connectivity index (χ0n) is 10.6. The highest BCUT2D eigenvalue weighted by atomic mass is 19.4. The summed E-state index contributed by atoms with van der Waals surface area (Å²) in [6, 6.07) is 13.0. The van der Waals surface area contributed by atoms with Crippen molar-refractivity contribution in [2.45, 2.75) is 11.9 Å². The van der Waals surface area contributed by atoms with E-state index in [-0.39, 0.29) is 16.8 Å². The third-order valence-electron chi connectivity index (χ3n) is 3.28. The molecule has 0 radical (unpaired) electrons. The maximum absolute atomic E-state index is 13.6. The fourth-order valence-electron chi connectivity index (χ4n) is 2.28. The number of fused-ring (bicyclic) bond motifs is 1. The Morgan fingerprint density at radius 3 is 2.24 bits per heavy atom. The number of alkyl halides is 3. The number of para-hydroxylation sites is 1. The molecule has 3 rings (SSSR count). The number of hydrogen-bond acceptors (Lipinski definition) is 3. The summed E-state index contributed by atoms with van der Waals surface area (Å²) >= 11 is 0. The van der Waals surface area contributed by atoms with E-state index in [1.807, 2.05) is 0 Å². The van der Waals surface area contributed by atoms with Crippen molar-refractivity contribution in [2.24, 2.45) is 0 Å². The minimum atomic E-state index is -4.81. The lowest BCUT2D eigenvalue weighted by Crippen LogP contribution is -2.54.